The Kier molecular flexibility index (Phi) is 7.23. The lowest BCUT2D eigenvalue weighted by Crippen LogP contribution is -2.43. The number of carbonyl (C=O) groups is 2. The molecule has 0 radical (unpaired) electrons. The van der Waals surface area contributed by atoms with Crippen LogP contribution in [0.25, 0.3) is 0 Å². The van der Waals surface area contributed by atoms with Crippen molar-refractivity contribution in [3.63, 3.8) is 0 Å². The molecule has 2 aromatic carbocycles. The molecule has 0 saturated carbocycles. The van der Waals surface area contributed by atoms with Crippen molar-refractivity contribution in [3.05, 3.63) is 53.6 Å². The molecule has 0 spiro atoms. The van der Waals surface area contributed by atoms with Gasteiger partial charge in [-0.2, -0.15) is 4.31 Å². The zero-order valence-electron chi connectivity index (χ0n) is 19.6. The summed E-state index contributed by atoms with van der Waals surface area (Å²) in [7, 11) is -2.07. The Morgan fingerprint density at radius 1 is 1.09 bits per heavy atom. The molecule has 2 aromatic rings. The lowest BCUT2D eigenvalue weighted by Gasteiger charge is -2.32. The number of hydrogen-bond donors (Lipinski definition) is 1. The van der Waals surface area contributed by atoms with Gasteiger partial charge in [-0.1, -0.05) is 18.2 Å². The molecule has 0 aromatic heterocycles. The number of carbonyl (C=O) groups excluding carboxylic acids is 2. The molecule has 4 rings (SSSR count). The van der Waals surface area contributed by atoms with Gasteiger partial charge in [0.15, 0.2) is 0 Å². The maximum atomic E-state index is 13.3. The zero-order chi connectivity index (χ0) is 24.3. The Hall–Kier alpha value is -2.91. The molecule has 0 atom stereocenters. The molecule has 8 nitrogen and oxygen atoms in total. The van der Waals surface area contributed by atoms with Crippen LogP contribution >= 0.6 is 0 Å². The van der Waals surface area contributed by atoms with E-state index in [2.05, 4.69) is 5.32 Å². The lowest BCUT2D eigenvalue weighted by molar-refractivity contribution is -0.126. The second kappa shape index (κ2) is 10.1. The number of methoxy groups -OCH3 is 1. The van der Waals surface area contributed by atoms with Crippen molar-refractivity contribution >= 4 is 27.5 Å². The number of benzene rings is 2. The zero-order valence-corrected chi connectivity index (χ0v) is 20.4. The topological polar surface area (TPSA) is 96.0 Å². The number of sulfonamides is 1. The Morgan fingerprint density at radius 3 is 2.53 bits per heavy atom. The Labute approximate surface area is 200 Å². The fourth-order valence-corrected chi connectivity index (χ4v) is 6.27. The molecule has 2 amide bonds. The number of hydrogen-bond acceptors (Lipinski definition) is 5. The molecule has 1 N–H and O–H groups in total. The van der Waals surface area contributed by atoms with E-state index < -0.39 is 10.0 Å². The number of aryl methyl sites for hydroxylation is 1. The minimum Gasteiger partial charge on any atom is -0.496 e. The van der Waals surface area contributed by atoms with Gasteiger partial charge in [-0.15, -0.1) is 0 Å². The average Bonchev–Trinajstić information content (AvgIpc) is 2.86. The summed E-state index contributed by atoms with van der Waals surface area (Å²) in [5.41, 5.74) is 2.57. The van der Waals surface area contributed by atoms with Crippen LogP contribution in [0.1, 0.15) is 37.3 Å². The van der Waals surface area contributed by atoms with E-state index in [1.165, 1.54) is 11.2 Å². The van der Waals surface area contributed by atoms with Crippen molar-refractivity contribution in [2.75, 3.05) is 31.6 Å². The molecular weight excluding hydrogens is 454 g/mol. The van der Waals surface area contributed by atoms with Gasteiger partial charge < -0.3 is 15.0 Å². The van der Waals surface area contributed by atoms with E-state index in [9.17, 15) is 18.0 Å². The third-order valence-electron chi connectivity index (χ3n) is 6.66. The molecule has 34 heavy (non-hydrogen) atoms. The van der Waals surface area contributed by atoms with Crippen molar-refractivity contribution in [2.45, 2.75) is 44.0 Å². The summed E-state index contributed by atoms with van der Waals surface area (Å²) in [4.78, 5) is 26.5. The van der Waals surface area contributed by atoms with Crippen molar-refractivity contribution in [1.29, 1.82) is 0 Å². The fraction of sp³-hybridized carbons (Fsp3) is 0.440. The van der Waals surface area contributed by atoms with Crippen LogP contribution in [0.2, 0.25) is 0 Å². The fourth-order valence-electron chi connectivity index (χ4n) is 4.74. The Bertz CT molecular complexity index is 1170. The molecule has 0 aliphatic carbocycles. The van der Waals surface area contributed by atoms with E-state index in [-0.39, 0.29) is 22.6 Å². The SMILES string of the molecule is COc1ccccc1CNC(=O)C1CCN(S(=O)(=O)c2ccc3c(c2)CCCN3C(C)=O)CC1. The number of amides is 2. The van der Waals surface area contributed by atoms with Gasteiger partial charge >= 0.3 is 0 Å². The average molecular weight is 486 g/mol. The third kappa shape index (κ3) is 4.95. The number of para-hydroxylation sites is 1. The molecule has 1 fully saturated rings. The van der Waals surface area contributed by atoms with Crippen LogP contribution in [-0.2, 0) is 32.6 Å². The second-order valence-electron chi connectivity index (χ2n) is 8.77. The van der Waals surface area contributed by atoms with Crippen LogP contribution in [0, 0.1) is 5.92 Å². The number of ether oxygens (including phenoxy) is 1. The smallest absolute Gasteiger partial charge is 0.243 e. The number of fused-ring (bicyclic) bond motifs is 1. The standard InChI is InChI=1S/C25H31N3O5S/c1-18(29)28-13-5-7-20-16-22(9-10-23(20)28)34(31,32)27-14-11-19(12-15-27)25(30)26-17-21-6-3-4-8-24(21)33-2/h3-4,6,8-10,16,19H,5,7,11-15,17H2,1-2H3,(H,26,30). The van der Waals surface area contributed by atoms with Gasteiger partial charge in [0.05, 0.1) is 12.0 Å². The van der Waals surface area contributed by atoms with E-state index in [1.807, 2.05) is 24.3 Å². The maximum absolute atomic E-state index is 13.3. The molecule has 2 aliphatic heterocycles. The van der Waals surface area contributed by atoms with Crippen LogP contribution in [0.15, 0.2) is 47.4 Å². The second-order valence-corrected chi connectivity index (χ2v) is 10.7. The van der Waals surface area contributed by atoms with Gasteiger partial charge in [-0.05, 0) is 55.5 Å². The summed E-state index contributed by atoms with van der Waals surface area (Å²) >= 11 is 0. The van der Waals surface area contributed by atoms with Gasteiger partial charge in [0, 0.05) is 50.3 Å². The van der Waals surface area contributed by atoms with Gasteiger partial charge in [0.1, 0.15) is 5.75 Å². The molecule has 182 valence electrons. The third-order valence-corrected chi connectivity index (χ3v) is 8.55. The largest absolute Gasteiger partial charge is 0.496 e. The molecule has 0 unspecified atom stereocenters. The Morgan fingerprint density at radius 2 is 1.82 bits per heavy atom. The normalized spacial score (nSPS) is 17.2. The van der Waals surface area contributed by atoms with Crippen LogP contribution in [0.3, 0.4) is 0 Å². The number of nitrogens with one attached hydrogen (secondary N) is 1. The van der Waals surface area contributed by atoms with Crippen LogP contribution in [0.5, 0.6) is 5.75 Å². The van der Waals surface area contributed by atoms with Crippen molar-refractivity contribution in [1.82, 2.24) is 9.62 Å². The lowest BCUT2D eigenvalue weighted by atomic mass is 9.97. The first-order valence-corrected chi connectivity index (χ1v) is 13.1. The van der Waals surface area contributed by atoms with Gasteiger partial charge in [-0.3, -0.25) is 9.59 Å². The molecular formula is C25H31N3O5S. The van der Waals surface area contributed by atoms with E-state index in [4.69, 9.17) is 4.74 Å². The minimum atomic E-state index is -3.66. The minimum absolute atomic E-state index is 0.0392. The number of piperidine rings is 1. The quantitative estimate of drug-likeness (QED) is 0.679. The van der Waals surface area contributed by atoms with Crippen molar-refractivity contribution in [2.24, 2.45) is 5.92 Å². The number of rotatable bonds is 6. The molecule has 9 heteroatoms. The highest BCUT2D eigenvalue weighted by molar-refractivity contribution is 7.89. The van der Waals surface area contributed by atoms with Crippen molar-refractivity contribution in [3.8, 4) is 5.75 Å². The summed E-state index contributed by atoms with van der Waals surface area (Å²) in [6.07, 6.45) is 2.50. The summed E-state index contributed by atoms with van der Waals surface area (Å²) in [5.74, 6) is 0.387. The molecule has 2 aliphatic rings. The number of anilines is 1. The van der Waals surface area contributed by atoms with E-state index >= 15 is 0 Å². The molecule has 2 heterocycles. The summed E-state index contributed by atoms with van der Waals surface area (Å²) in [6, 6.07) is 12.5. The molecule has 1 saturated heterocycles. The van der Waals surface area contributed by atoms with E-state index in [0.29, 0.717) is 39.0 Å². The summed E-state index contributed by atoms with van der Waals surface area (Å²) in [6.45, 7) is 3.14. The number of nitrogens with zero attached hydrogens (tertiary/aromatic N) is 2. The summed E-state index contributed by atoms with van der Waals surface area (Å²) in [5, 5.41) is 2.96. The van der Waals surface area contributed by atoms with E-state index in [0.717, 1.165) is 35.4 Å². The highest BCUT2D eigenvalue weighted by atomic mass is 32.2. The first-order chi connectivity index (χ1) is 16.3. The van der Waals surface area contributed by atoms with Crippen LogP contribution < -0.4 is 15.0 Å². The van der Waals surface area contributed by atoms with Gasteiger partial charge in [-0.25, -0.2) is 8.42 Å². The van der Waals surface area contributed by atoms with Gasteiger partial charge in [0.25, 0.3) is 0 Å². The van der Waals surface area contributed by atoms with Crippen LogP contribution in [-0.4, -0.2) is 51.3 Å². The van der Waals surface area contributed by atoms with Crippen molar-refractivity contribution < 1.29 is 22.7 Å². The Balaban J connectivity index is 1.38. The van der Waals surface area contributed by atoms with E-state index in [1.54, 1.807) is 30.2 Å². The predicted molar refractivity (Wildman–Crippen MR) is 129 cm³/mol. The highest BCUT2D eigenvalue weighted by Gasteiger charge is 2.33. The first-order valence-electron chi connectivity index (χ1n) is 11.6. The van der Waals surface area contributed by atoms with Gasteiger partial charge in [0.2, 0.25) is 21.8 Å². The van der Waals surface area contributed by atoms with Crippen LogP contribution in [0.4, 0.5) is 5.69 Å². The predicted octanol–water partition coefficient (Wildman–Crippen LogP) is 2.71. The monoisotopic (exact) mass is 485 g/mol. The highest BCUT2D eigenvalue weighted by Crippen LogP contribution is 2.31. The maximum Gasteiger partial charge on any atom is 0.243 e. The first kappa shape index (κ1) is 24.2. The summed E-state index contributed by atoms with van der Waals surface area (Å²) < 4.78 is 33.3. The molecule has 0 bridgehead atoms.